The van der Waals surface area contributed by atoms with Crippen molar-refractivity contribution in [2.24, 2.45) is 0 Å². The van der Waals surface area contributed by atoms with E-state index in [9.17, 15) is 13.2 Å². The van der Waals surface area contributed by atoms with E-state index in [1.165, 1.54) is 18.9 Å². The summed E-state index contributed by atoms with van der Waals surface area (Å²) in [5.74, 6) is -0.0864. The lowest BCUT2D eigenvalue weighted by molar-refractivity contribution is -0.121. The van der Waals surface area contributed by atoms with E-state index < -0.39 is 10.0 Å². The van der Waals surface area contributed by atoms with Crippen molar-refractivity contribution in [2.75, 3.05) is 6.54 Å². The van der Waals surface area contributed by atoms with Crippen LogP contribution in [0.2, 0.25) is 0 Å². The highest BCUT2D eigenvalue weighted by Gasteiger charge is 2.15. The summed E-state index contributed by atoms with van der Waals surface area (Å²) in [6, 6.07) is 9.46. The molecule has 1 saturated carbocycles. The molecule has 1 aliphatic rings. The Balaban J connectivity index is 1.71. The van der Waals surface area contributed by atoms with E-state index in [2.05, 4.69) is 10.0 Å². The van der Waals surface area contributed by atoms with Crippen molar-refractivity contribution in [1.29, 1.82) is 0 Å². The van der Waals surface area contributed by atoms with Crippen LogP contribution in [-0.4, -0.2) is 26.9 Å². The molecule has 1 amide bonds. The van der Waals surface area contributed by atoms with Crippen LogP contribution in [-0.2, 0) is 14.8 Å². The minimum atomic E-state index is -3.52. The van der Waals surface area contributed by atoms with Gasteiger partial charge in [-0.25, -0.2) is 13.1 Å². The average molecular weight is 350 g/mol. The minimum Gasteiger partial charge on any atom is -0.353 e. The molecule has 1 aromatic carbocycles. The largest absolute Gasteiger partial charge is 0.353 e. The number of hydrogen-bond acceptors (Lipinski definition) is 3. The highest BCUT2D eigenvalue weighted by molar-refractivity contribution is 7.92. The van der Waals surface area contributed by atoms with Crippen LogP contribution in [0, 0.1) is 0 Å². The SMILES string of the molecule is O=C(CCNS(=O)(=O)/C=C/c1ccccc1)NC1CCCCCC1. The fourth-order valence-electron chi connectivity index (χ4n) is 2.81. The van der Waals surface area contributed by atoms with E-state index in [-0.39, 0.29) is 24.9 Å². The smallest absolute Gasteiger partial charge is 0.233 e. The van der Waals surface area contributed by atoms with E-state index in [0.717, 1.165) is 36.7 Å². The fraction of sp³-hybridized carbons (Fsp3) is 0.500. The number of carbonyl (C=O) groups is 1. The van der Waals surface area contributed by atoms with Crippen molar-refractivity contribution in [1.82, 2.24) is 10.0 Å². The standard InChI is InChI=1S/C18H26N2O3S/c21-18(20-17-10-6-1-2-7-11-17)12-14-19-24(22,23)15-13-16-8-4-3-5-9-16/h3-5,8-9,13,15,17,19H,1-2,6-7,10-12,14H2,(H,20,21)/b15-13+. The van der Waals surface area contributed by atoms with Gasteiger partial charge in [0.25, 0.3) is 0 Å². The van der Waals surface area contributed by atoms with Gasteiger partial charge in [-0.2, -0.15) is 0 Å². The van der Waals surface area contributed by atoms with Crippen LogP contribution in [0.5, 0.6) is 0 Å². The number of benzene rings is 1. The second-order valence-electron chi connectivity index (χ2n) is 6.16. The molecule has 0 aromatic heterocycles. The Hall–Kier alpha value is -1.66. The first-order valence-corrected chi connectivity index (χ1v) is 10.1. The Morgan fingerprint density at radius 1 is 1.08 bits per heavy atom. The molecule has 0 bridgehead atoms. The third-order valence-corrected chi connectivity index (χ3v) is 5.22. The molecule has 2 rings (SSSR count). The lowest BCUT2D eigenvalue weighted by Gasteiger charge is -2.16. The van der Waals surface area contributed by atoms with Crippen LogP contribution in [0.4, 0.5) is 0 Å². The summed E-state index contributed by atoms with van der Waals surface area (Å²) in [4.78, 5) is 11.9. The Morgan fingerprint density at radius 2 is 1.75 bits per heavy atom. The average Bonchev–Trinajstić information content (AvgIpc) is 2.82. The molecule has 0 unspecified atom stereocenters. The molecule has 5 nitrogen and oxygen atoms in total. The lowest BCUT2D eigenvalue weighted by Crippen LogP contribution is -2.36. The maximum absolute atomic E-state index is 11.9. The van der Waals surface area contributed by atoms with E-state index in [4.69, 9.17) is 0 Å². The van der Waals surface area contributed by atoms with E-state index >= 15 is 0 Å². The van der Waals surface area contributed by atoms with Crippen molar-refractivity contribution in [3.63, 3.8) is 0 Å². The van der Waals surface area contributed by atoms with Crippen molar-refractivity contribution in [3.05, 3.63) is 41.3 Å². The van der Waals surface area contributed by atoms with Crippen LogP contribution in [0.3, 0.4) is 0 Å². The molecule has 1 aromatic rings. The highest BCUT2D eigenvalue weighted by atomic mass is 32.2. The van der Waals surface area contributed by atoms with Gasteiger partial charge < -0.3 is 5.32 Å². The minimum absolute atomic E-state index is 0.0864. The van der Waals surface area contributed by atoms with Gasteiger partial charge in [-0.05, 0) is 24.5 Å². The predicted molar refractivity (Wildman–Crippen MR) is 96.6 cm³/mol. The maximum atomic E-state index is 11.9. The fourth-order valence-corrected chi connectivity index (χ4v) is 3.63. The number of nitrogens with one attached hydrogen (secondary N) is 2. The van der Waals surface area contributed by atoms with Crippen molar-refractivity contribution >= 4 is 22.0 Å². The summed E-state index contributed by atoms with van der Waals surface area (Å²) in [5.41, 5.74) is 0.814. The summed E-state index contributed by atoms with van der Waals surface area (Å²) < 4.78 is 26.2. The molecule has 0 atom stereocenters. The van der Waals surface area contributed by atoms with Crippen molar-refractivity contribution in [3.8, 4) is 0 Å². The van der Waals surface area contributed by atoms with Gasteiger partial charge in [0.05, 0.1) is 0 Å². The first-order valence-electron chi connectivity index (χ1n) is 8.57. The van der Waals surface area contributed by atoms with E-state index in [1.54, 1.807) is 0 Å². The zero-order valence-electron chi connectivity index (χ0n) is 13.9. The van der Waals surface area contributed by atoms with Gasteiger partial charge in [-0.3, -0.25) is 4.79 Å². The zero-order chi connectivity index (χ0) is 17.3. The van der Waals surface area contributed by atoms with Crippen LogP contribution in [0.15, 0.2) is 35.7 Å². The van der Waals surface area contributed by atoms with E-state index in [0.29, 0.717) is 0 Å². The molecule has 6 heteroatoms. The number of hydrogen-bond donors (Lipinski definition) is 2. The third kappa shape index (κ3) is 7.27. The number of sulfonamides is 1. The normalized spacial score (nSPS) is 16.8. The van der Waals surface area contributed by atoms with Crippen LogP contribution < -0.4 is 10.0 Å². The molecule has 2 N–H and O–H groups in total. The van der Waals surface area contributed by atoms with Gasteiger partial charge >= 0.3 is 0 Å². The Bertz CT molecular complexity index is 633. The van der Waals surface area contributed by atoms with Crippen LogP contribution >= 0.6 is 0 Å². The molecule has 24 heavy (non-hydrogen) atoms. The summed E-state index contributed by atoms with van der Waals surface area (Å²) in [6.07, 6.45) is 8.53. The molecule has 1 aliphatic carbocycles. The molecule has 0 saturated heterocycles. The molecule has 132 valence electrons. The molecular formula is C18H26N2O3S. The van der Waals surface area contributed by atoms with Crippen molar-refractivity contribution < 1.29 is 13.2 Å². The monoisotopic (exact) mass is 350 g/mol. The molecule has 0 aliphatic heterocycles. The summed E-state index contributed by atoms with van der Waals surface area (Å²) in [7, 11) is -3.52. The maximum Gasteiger partial charge on any atom is 0.233 e. The molecule has 1 fully saturated rings. The first kappa shape index (κ1) is 18.7. The number of rotatable bonds is 7. The number of amides is 1. The first-order chi connectivity index (χ1) is 11.6. The highest BCUT2D eigenvalue weighted by Crippen LogP contribution is 2.17. The van der Waals surface area contributed by atoms with Gasteiger partial charge in [0.1, 0.15) is 0 Å². The third-order valence-electron chi connectivity index (χ3n) is 4.11. The van der Waals surface area contributed by atoms with Crippen LogP contribution in [0.25, 0.3) is 6.08 Å². The topological polar surface area (TPSA) is 75.3 Å². The van der Waals surface area contributed by atoms with Gasteiger partial charge in [0.2, 0.25) is 15.9 Å². The summed E-state index contributed by atoms with van der Waals surface area (Å²) in [6.45, 7) is 0.111. The Kier molecular flexibility index (Phi) is 7.46. The number of carbonyl (C=O) groups excluding carboxylic acids is 1. The Morgan fingerprint density at radius 3 is 2.42 bits per heavy atom. The van der Waals surface area contributed by atoms with E-state index in [1.807, 2.05) is 30.3 Å². The van der Waals surface area contributed by atoms with Crippen LogP contribution in [0.1, 0.15) is 50.5 Å². The van der Waals surface area contributed by atoms with Gasteiger partial charge in [0.15, 0.2) is 0 Å². The quantitative estimate of drug-likeness (QED) is 0.743. The zero-order valence-corrected chi connectivity index (χ0v) is 14.7. The summed E-state index contributed by atoms with van der Waals surface area (Å²) in [5, 5.41) is 4.14. The molecule has 0 radical (unpaired) electrons. The van der Waals surface area contributed by atoms with Crippen molar-refractivity contribution in [2.45, 2.75) is 51.0 Å². The van der Waals surface area contributed by atoms with Gasteiger partial charge in [-0.1, -0.05) is 56.0 Å². The second kappa shape index (κ2) is 9.59. The predicted octanol–water partition coefficient (Wildman–Crippen LogP) is 2.81. The van der Waals surface area contributed by atoms with Gasteiger partial charge in [-0.15, -0.1) is 0 Å². The summed E-state index contributed by atoms with van der Waals surface area (Å²) >= 11 is 0. The van der Waals surface area contributed by atoms with Gasteiger partial charge in [0, 0.05) is 24.4 Å². The molecule has 0 spiro atoms. The second-order valence-corrected chi connectivity index (χ2v) is 7.81. The Labute approximate surface area is 144 Å². The lowest BCUT2D eigenvalue weighted by atomic mass is 10.1. The molecular weight excluding hydrogens is 324 g/mol. The molecule has 0 heterocycles.